The van der Waals surface area contributed by atoms with Gasteiger partial charge in [-0.1, -0.05) is 12.1 Å². The number of hydrogen-bond acceptors (Lipinski definition) is 5. The third-order valence-corrected chi connectivity index (χ3v) is 3.70. The molecule has 0 radical (unpaired) electrons. The first-order valence-corrected chi connectivity index (χ1v) is 7.40. The Labute approximate surface area is 139 Å². The summed E-state index contributed by atoms with van der Waals surface area (Å²) in [4.78, 5) is 0. The molecule has 1 heterocycles. The van der Waals surface area contributed by atoms with Crippen LogP contribution in [0.5, 0.6) is 11.5 Å². The van der Waals surface area contributed by atoms with E-state index in [0.29, 0.717) is 17.9 Å². The standard InChI is InChI=1S/C18H17N3O3/c1-22-12-24-17-8-5-14-10-20-21(18(14)16(17)9-19)11-13-3-6-15(23-2)7-4-13/h3-8,10H,11-12H2,1-2H3. The van der Waals surface area contributed by atoms with E-state index >= 15 is 0 Å². The minimum Gasteiger partial charge on any atom is -0.497 e. The zero-order valence-corrected chi connectivity index (χ0v) is 13.5. The van der Waals surface area contributed by atoms with Gasteiger partial charge in [-0.2, -0.15) is 10.4 Å². The van der Waals surface area contributed by atoms with Crippen LogP contribution < -0.4 is 9.47 Å². The van der Waals surface area contributed by atoms with Crippen LogP contribution in [-0.4, -0.2) is 30.8 Å². The summed E-state index contributed by atoms with van der Waals surface area (Å²) in [6.45, 7) is 0.642. The van der Waals surface area contributed by atoms with Gasteiger partial charge in [0.2, 0.25) is 0 Å². The van der Waals surface area contributed by atoms with E-state index in [-0.39, 0.29) is 6.79 Å². The van der Waals surface area contributed by atoms with E-state index in [0.717, 1.165) is 22.2 Å². The van der Waals surface area contributed by atoms with Gasteiger partial charge < -0.3 is 14.2 Å². The quantitative estimate of drug-likeness (QED) is 0.652. The predicted molar refractivity (Wildman–Crippen MR) is 89.0 cm³/mol. The van der Waals surface area contributed by atoms with Crippen molar-refractivity contribution in [3.8, 4) is 17.6 Å². The van der Waals surface area contributed by atoms with Crippen LogP contribution in [0.3, 0.4) is 0 Å². The van der Waals surface area contributed by atoms with E-state index in [9.17, 15) is 5.26 Å². The molecule has 0 aliphatic carbocycles. The molecule has 0 amide bonds. The smallest absolute Gasteiger partial charge is 0.188 e. The third kappa shape index (κ3) is 3.03. The predicted octanol–water partition coefficient (Wildman–Crippen LogP) is 2.95. The van der Waals surface area contributed by atoms with Crippen LogP contribution in [0.15, 0.2) is 42.6 Å². The first-order chi connectivity index (χ1) is 11.8. The zero-order valence-electron chi connectivity index (χ0n) is 13.5. The molecule has 0 aliphatic rings. The van der Waals surface area contributed by atoms with Crippen LogP contribution in [0.4, 0.5) is 0 Å². The van der Waals surface area contributed by atoms with Crippen molar-refractivity contribution in [3.63, 3.8) is 0 Å². The van der Waals surface area contributed by atoms with Gasteiger partial charge in [-0.25, -0.2) is 0 Å². The maximum Gasteiger partial charge on any atom is 0.188 e. The molecule has 0 atom stereocenters. The second-order valence-electron chi connectivity index (χ2n) is 5.19. The molecule has 24 heavy (non-hydrogen) atoms. The highest BCUT2D eigenvalue weighted by Crippen LogP contribution is 2.28. The van der Waals surface area contributed by atoms with Gasteiger partial charge >= 0.3 is 0 Å². The normalized spacial score (nSPS) is 10.5. The van der Waals surface area contributed by atoms with E-state index in [1.165, 1.54) is 0 Å². The second-order valence-corrected chi connectivity index (χ2v) is 5.19. The molecule has 0 saturated carbocycles. The minimum atomic E-state index is 0.0901. The molecule has 3 aromatic rings. The van der Waals surface area contributed by atoms with Crippen molar-refractivity contribution in [2.24, 2.45) is 0 Å². The molecule has 0 saturated heterocycles. The number of fused-ring (bicyclic) bond motifs is 1. The number of benzene rings is 2. The molecule has 0 bridgehead atoms. The molecule has 0 N–H and O–H groups in total. The molecular weight excluding hydrogens is 306 g/mol. The Hall–Kier alpha value is -3.04. The Balaban J connectivity index is 1.99. The monoisotopic (exact) mass is 323 g/mol. The molecule has 3 rings (SSSR count). The summed E-state index contributed by atoms with van der Waals surface area (Å²) in [5.74, 6) is 1.29. The Bertz CT molecular complexity index is 879. The molecule has 122 valence electrons. The fourth-order valence-corrected chi connectivity index (χ4v) is 2.54. The lowest BCUT2D eigenvalue weighted by molar-refractivity contribution is 0.0510. The molecule has 1 aromatic heterocycles. The molecule has 0 fully saturated rings. The van der Waals surface area contributed by atoms with Crippen molar-refractivity contribution in [1.29, 1.82) is 5.26 Å². The highest BCUT2D eigenvalue weighted by Gasteiger charge is 2.14. The van der Waals surface area contributed by atoms with Crippen molar-refractivity contribution >= 4 is 10.9 Å². The Morgan fingerprint density at radius 1 is 1.12 bits per heavy atom. The Kier molecular flexibility index (Phi) is 4.64. The zero-order chi connectivity index (χ0) is 16.9. The fourth-order valence-electron chi connectivity index (χ4n) is 2.54. The highest BCUT2D eigenvalue weighted by atomic mass is 16.7. The Morgan fingerprint density at radius 3 is 2.58 bits per heavy atom. The number of nitriles is 1. The van der Waals surface area contributed by atoms with Crippen molar-refractivity contribution in [2.45, 2.75) is 6.54 Å². The second kappa shape index (κ2) is 7.02. The lowest BCUT2D eigenvalue weighted by Gasteiger charge is -2.10. The summed E-state index contributed by atoms with van der Waals surface area (Å²) in [7, 11) is 3.18. The Morgan fingerprint density at radius 2 is 1.92 bits per heavy atom. The molecule has 6 heteroatoms. The summed E-state index contributed by atoms with van der Waals surface area (Å²) in [6.07, 6.45) is 1.75. The molecule has 0 aliphatic heterocycles. The summed E-state index contributed by atoms with van der Waals surface area (Å²) >= 11 is 0. The van der Waals surface area contributed by atoms with Crippen LogP contribution in [0.25, 0.3) is 10.9 Å². The van der Waals surface area contributed by atoms with Crippen LogP contribution in [-0.2, 0) is 11.3 Å². The fraction of sp³-hybridized carbons (Fsp3) is 0.222. The van der Waals surface area contributed by atoms with Crippen LogP contribution in [0.2, 0.25) is 0 Å². The highest BCUT2D eigenvalue weighted by molar-refractivity contribution is 5.87. The van der Waals surface area contributed by atoms with Gasteiger partial charge in [-0.15, -0.1) is 0 Å². The maximum absolute atomic E-state index is 9.56. The first kappa shape index (κ1) is 15.8. The van der Waals surface area contributed by atoms with Gasteiger partial charge in [0.25, 0.3) is 0 Å². The van der Waals surface area contributed by atoms with Gasteiger partial charge in [0.05, 0.1) is 25.4 Å². The van der Waals surface area contributed by atoms with E-state index in [1.54, 1.807) is 31.2 Å². The van der Waals surface area contributed by atoms with E-state index in [2.05, 4.69) is 11.2 Å². The van der Waals surface area contributed by atoms with E-state index in [4.69, 9.17) is 14.2 Å². The molecule has 2 aromatic carbocycles. The lowest BCUT2D eigenvalue weighted by Crippen LogP contribution is -2.05. The largest absolute Gasteiger partial charge is 0.497 e. The summed E-state index contributed by atoms with van der Waals surface area (Å²) in [5.41, 5.74) is 2.27. The van der Waals surface area contributed by atoms with Crippen LogP contribution in [0, 0.1) is 11.3 Å². The molecular formula is C18H17N3O3. The van der Waals surface area contributed by atoms with Crippen molar-refractivity contribution in [1.82, 2.24) is 9.78 Å². The number of methoxy groups -OCH3 is 2. The van der Waals surface area contributed by atoms with E-state index < -0.39 is 0 Å². The number of rotatable bonds is 6. The number of nitrogens with zero attached hydrogens (tertiary/aromatic N) is 3. The molecule has 0 unspecified atom stereocenters. The van der Waals surface area contributed by atoms with Crippen LogP contribution in [0.1, 0.15) is 11.1 Å². The van der Waals surface area contributed by atoms with Gasteiger partial charge in [-0.3, -0.25) is 4.68 Å². The van der Waals surface area contributed by atoms with Crippen molar-refractivity contribution < 1.29 is 14.2 Å². The number of aromatic nitrogens is 2. The third-order valence-electron chi connectivity index (χ3n) is 3.70. The van der Waals surface area contributed by atoms with Crippen molar-refractivity contribution in [2.75, 3.05) is 21.0 Å². The minimum absolute atomic E-state index is 0.0901. The van der Waals surface area contributed by atoms with Crippen molar-refractivity contribution in [3.05, 3.63) is 53.7 Å². The van der Waals surface area contributed by atoms with Gasteiger partial charge in [-0.05, 0) is 29.8 Å². The van der Waals surface area contributed by atoms with Crippen LogP contribution >= 0.6 is 0 Å². The summed E-state index contributed by atoms with van der Waals surface area (Å²) in [6, 6.07) is 13.6. The topological polar surface area (TPSA) is 69.3 Å². The molecule has 6 nitrogen and oxygen atoms in total. The van der Waals surface area contributed by atoms with Gasteiger partial charge in [0, 0.05) is 12.5 Å². The molecule has 0 spiro atoms. The SMILES string of the molecule is COCOc1ccc2cnn(Cc3ccc(OC)cc3)c2c1C#N. The number of hydrogen-bond donors (Lipinski definition) is 0. The number of ether oxygens (including phenoxy) is 3. The lowest BCUT2D eigenvalue weighted by atomic mass is 10.1. The average Bonchev–Trinajstić information content (AvgIpc) is 3.03. The van der Waals surface area contributed by atoms with Gasteiger partial charge in [0.15, 0.2) is 6.79 Å². The summed E-state index contributed by atoms with van der Waals surface area (Å²) in [5, 5.41) is 14.9. The van der Waals surface area contributed by atoms with E-state index in [1.807, 2.05) is 30.3 Å². The first-order valence-electron chi connectivity index (χ1n) is 7.40. The van der Waals surface area contributed by atoms with Gasteiger partial charge in [0.1, 0.15) is 23.1 Å². The maximum atomic E-state index is 9.56. The summed E-state index contributed by atoms with van der Waals surface area (Å²) < 4.78 is 17.4. The average molecular weight is 323 g/mol.